The Kier molecular flexibility index (Phi) is 6.26. The molecule has 0 bridgehead atoms. The van der Waals surface area contributed by atoms with Crippen LogP contribution in [0.5, 0.6) is 0 Å². The number of anilines is 1. The van der Waals surface area contributed by atoms with Crippen molar-refractivity contribution in [3.63, 3.8) is 0 Å². The third kappa shape index (κ3) is 5.71. The zero-order valence-corrected chi connectivity index (χ0v) is 19.6. The Morgan fingerprint density at radius 3 is 2.68 bits per heavy atom. The van der Waals surface area contributed by atoms with Gasteiger partial charge in [0.15, 0.2) is 5.65 Å². The molecule has 0 aromatic carbocycles. The van der Waals surface area contributed by atoms with Crippen molar-refractivity contribution in [3.05, 3.63) is 49.4 Å². The van der Waals surface area contributed by atoms with Crippen molar-refractivity contribution in [2.75, 3.05) is 11.9 Å². The second-order valence-corrected chi connectivity index (χ2v) is 10.1. The molecule has 34 heavy (non-hydrogen) atoms. The van der Waals surface area contributed by atoms with E-state index < -0.39 is 21.6 Å². The van der Waals surface area contributed by atoms with Crippen LogP contribution >= 0.6 is 0 Å². The van der Waals surface area contributed by atoms with E-state index in [1.54, 1.807) is 62.4 Å². The summed E-state index contributed by atoms with van der Waals surface area (Å²) in [6.07, 6.45) is 7.52. The van der Waals surface area contributed by atoms with E-state index in [9.17, 15) is 13.2 Å². The second kappa shape index (κ2) is 9.15. The Balaban J connectivity index is 1.47. The summed E-state index contributed by atoms with van der Waals surface area (Å²) < 4.78 is 31.0. The fourth-order valence-corrected chi connectivity index (χ4v) is 4.48. The number of fused-ring (bicyclic) bond motifs is 1. The largest absolute Gasteiger partial charge is 0.336 e. The second-order valence-electron chi connectivity index (χ2n) is 8.46. The van der Waals surface area contributed by atoms with Crippen LogP contribution in [0, 0.1) is 0 Å². The van der Waals surface area contributed by atoms with Gasteiger partial charge < -0.3 is 5.32 Å². The van der Waals surface area contributed by atoms with Crippen molar-refractivity contribution in [3.8, 4) is 11.1 Å². The number of hydrogen-bond donors (Lipinski definition) is 3. The van der Waals surface area contributed by atoms with Crippen LogP contribution in [0.3, 0.4) is 0 Å². The van der Waals surface area contributed by atoms with Gasteiger partial charge in [0, 0.05) is 36.2 Å². The van der Waals surface area contributed by atoms with Gasteiger partial charge >= 0.3 is 6.03 Å². The number of aromatic nitrogens is 7. The average Bonchev–Trinajstić information content (AvgIpc) is 3.41. The Bertz CT molecular complexity index is 1410. The highest BCUT2D eigenvalue weighted by Crippen LogP contribution is 2.23. The van der Waals surface area contributed by atoms with Crippen LogP contribution in [0.4, 0.5) is 10.7 Å². The fraction of sp³-hybridized carbons (Fsp3) is 0.300. The van der Waals surface area contributed by atoms with E-state index in [1.165, 1.54) is 17.0 Å². The number of amides is 2. The molecule has 4 rings (SSSR count). The molecule has 0 fully saturated rings. The molecule has 0 saturated heterocycles. The minimum atomic E-state index is -3.73. The lowest BCUT2D eigenvalue weighted by Gasteiger charge is -2.20. The number of pyridine rings is 2. The third-order valence-electron chi connectivity index (χ3n) is 4.45. The summed E-state index contributed by atoms with van der Waals surface area (Å²) in [5.41, 5.74) is 1.14. The lowest BCUT2D eigenvalue weighted by Crippen LogP contribution is -2.40. The van der Waals surface area contributed by atoms with Crippen LogP contribution in [0.15, 0.2) is 54.3 Å². The lowest BCUT2D eigenvalue weighted by molar-refractivity contribution is 0.251. The Labute approximate surface area is 195 Å². The number of carbonyl (C=O) groups is 1. The molecule has 4 heterocycles. The standard InChI is InChI=1S/C20H24N10O3S/c1-20(2,3)28-34(32,33)16-8-15(10-21-11-16)14-4-6-30-17(9-14)25-18(27-30)26-19(31)23-5-7-29-13-22-12-24-29/h4,6,8-13,28H,5,7H2,1-3H3,(H2,23,26,27,31). The molecule has 14 heteroatoms. The summed E-state index contributed by atoms with van der Waals surface area (Å²) in [5.74, 6) is 0.124. The normalized spacial score (nSPS) is 12.1. The number of urea groups is 1. The van der Waals surface area contributed by atoms with Gasteiger partial charge in [0.1, 0.15) is 17.6 Å². The van der Waals surface area contributed by atoms with E-state index in [1.807, 2.05) is 0 Å². The maximum atomic E-state index is 12.7. The number of hydrogen-bond acceptors (Lipinski definition) is 8. The predicted molar refractivity (Wildman–Crippen MR) is 123 cm³/mol. The van der Waals surface area contributed by atoms with E-state index in [2.05, 4.69) is 40.5 Å². The van der Waals surface area contributed by atoms with Crippen molar-refractivity contribution in [2.45, 2.75) is 37.8 Å². The van der Waals surface area contributed by atoms with Gasteiger partial charge in [0.25, 0.3) is 5.95 Å². The van der Waals surface area contributed by atoms with Crippen LogP contribution < -0.4 is 15.4 Å². The minimum absolute atomic E-state index is 0.0613. The van der Waals surface area contributed by atoms with E-state index in [0.29, 0.717) is 29.9 Å². The summed E-state index contributed by atoms with van der Waals surface area (Å²) in [7, 11) is -3.73. The maximum absolute atomic E-state index is 12.7. The number of rotatable bonds is 7. The summed E-state index contributed by atoms with van der Waals surface area (Å²) in [5, 5.41) is 13.5. The zero-order valence-electron chi connectivity index (χ0n) is 18.8. The molecule has 0 atom stereocenters. The highest BCUT2D eigenvalue weighted by molar-refractivity contribution is 7.89. The molecule has 4 aromatic heterocycles. The molecule has 13 nitrogen and oxygen atoms in total. The molecule has 0 unspecified atom stereocenters. The summed E-state index contributed by atoms with van der Waals surface area (Å²) in [6, 6.07) is 4.58. The lowest BCUT2D eigenvalue weighted by atomic mass is 10.1. The number of nitrogens with one attached hydrogen (secondary N) is 3. The van der Waals surface area contributed by atoms with Crippen molar-refractivity contribution >= 4 is 27.6 Å². The first-order chi connectivity index (χ1) is 16.1. The van der Waals surface area contributed by atoms with Gasteiger partial charge in [-0.15, -0.1) is 5.10 Å². The quantitative estimate of drug-likeness (QED) is 0.353. The van der Waals surface area contributed by atoms with Gasteiger partial charge in [-0.2, -0.15) is 10.1 Å². The number of nitrogens with zero attached hydrogens (tertiary/aromatic N) is 7. The molecule has 0 aliphatic heterocycles. The zero-order chi connectivity index (χ0) is 24.3. The van der Waals surface area contributed by atoms with Gasteiger partial charge in [-0.1, -0.05) is 0 Å². The van der Waals surface area contributed by atoms with Gasteiger partial charge in [-0.25, -0.2) is 27.4 Å². The molecule has 0 aliphatic rings. The van der Waals surface area contributed by atoms with Gasteiger partial charge in [-0.3, -0.25) is 15.0 Å². The molecule has 2 amide bonds. The van der Waals surface area contributed by atoms with Gasteiger partial charge in [0.05, 0.1) is 6.54 Å². The third-order valence-corrected chi connectivity index (χ3v) is 6.18. The van der Waals surface area contributed by atoms with Crippen LogP contribution in [-0.4, -0.2) is 60.9 Å². The van der Waals surface area contributed by atoms with Crippen molar-refractivity contribution in [1.29, 1.82) is 0 Å². The molecular weight excluding hydrogens is 460 g/mol. The van der Waals surface area contributed by atoms with Crippen molar-refractivity contribution in [1.82, 2.24) is 44.4 Å². The monoisotopic (exact) mass is 484 g/mol. The van der Waals surface area contributed by atoms with Gasteiger partial charge in [-0.05, 0) is 44.5 Å². The predicted octanol–water partition coefficient (Wildman–Crippen LogP) is 1.28. The smallest absolute Gasteiger partial charge is 0.321 e. The van der Waals surface area contributed by atoms with Gasteiger partial charge in [0.2, 0.25) is 10.0 Å². The topological polar surface area (TPSA) is 161 Å². The van der Waals surface area contributed by atoms with Crippen LogP contribution in [0.25, 0.3) is 16.8 Å². The SMILES string of the molecule is CC(C)(C)NS(=O)(=O)c1cncc(-c2ccn3nc(NC(=O)NCCn4cncn4)nc3c2)c1. The molecule has 3 N–H and O–H groups in total. The first kappa shape index (κ1) is 23.3. The maximum Gasteiger partial charge on any atom is 0.321 e. The number of carbonyl (C=O) groups excluding carboxylic acids is 1. The molecule has 0 aliphatic carbocycles. The summed E-state index contributed by atoms with van der Waals surface area (Å²) >= 11 is 0. The highest BCUT2D eigenvalue weighted by atomic mass is 32.2. The molecule has 0 radical (unpaired) electrons. The molecule has 4 aromatic rings. The number of sulfonamides is 1. The van der Waals surface area contributed by atoms with E-state index in [4.69, 9.17) is 0 Å². The average molecular weight is 485 g/mol. The summed E-state index contributed by atoms with van der Waals surface area (Å²) in [6.45, 7) is 6.13. The van der Waals surface area contributed by atoms with Crippen LogP contribution in [0.2, 0.25) is 0 Å². The first-order valence-electron chi connectivity index (χ1n) is 10.3. The molecular formula is C20H24N10O3S. The van der Waals surface area contributed by atoms with Crippen LogP contribution in [0.1, 0.15) is 20.8 Å². The molecule has 178 valence electrons. The van der Waals surface area contributed by atoms with Crippen LogP contribution in [-0.2, 0) is 16.6 Å². The van der Waals surface area contributed by atoms with E-state index in [-0.39, 0.29) is 10.8 Å². The minimum Gasteiger partial charge on any atom is -0.336 e. The van der Waals surface area contributed by atoms with E-state index in [0.717, 1.165) is 0 Å². The van der Waals surface area contributed by atoms with E-state index >= 15 is 0 Å². The molecule has 0 saturated carbocycles. The Hall–Kier alpha value is -3.91. The Morgan fingerprint density at radius 2 is 1.94 bits per heavy atom. The fourth-order valence-electron chi connectivity index (χ4n) is 3.08. The summed E-state index contributed by atoms with van der Waals surface area (Å²) in [4.78, 5) is 24.4. The van der Waals surface area contributed by atoms with Crippen molar-refractivity contribution in [2.24, 2.45) is 0 Å². The molecule has 0 spiro atoms. The highest BCUT2D eigenvalue weighted by Gasteiger charge is 2.22. The van der Waals surface area contributed by atoms with Crippen molar-refractivity contribution < 1.29 is 13.2 Å². The Morgan fingerprint density at radius 1 is 1.12 bits per heavy atom. The first-order valence-corrected chi connectivity index (χ1v) is 11.8.